The highest BCUT2D eigenvalue weighted by atomic mass is 35.5. The van der Waals surface area contributed by atoms with E-state index in [1.165, 1.54) is 6.42 Å². The molecule has 21 heavy (non-hydrogen) atoms. The number of anilines is 1. The van der Waals surface area contributed by atoms with Crippen molar-refractivity contribution in [3.63, 3.8) is 0 Å². The lowest BCUT2D eigenvalue weighted by molar-refractivity contribution is 0.232. The van der Waals surface area contributed by atoms with Gasteiger partial charge in [-0.2, -0.15) is 0 Å². The van der Waals surface area contributed by atoms with Crippen molar-refractivity contribution in [3.8, 4) is 0 Å². The summed E-state index contributed by atoms with van der Waals surface area (Å²) in [6.45, 7) is 8.70. The first kappa shape index (κ1) is 14.5. The number of rotatable bonds is 4. The van der Waals surface area contributed by atoms with E-state index in [-0.39, 0.29) is 0 Å². The Balaban J connectivity index is 1.91. The van der Waals surface area contributed by atoms with E-state index in [0.29, 0.717) is 11.2 Å². The zero-order valence-electron chi connectivity index (χ0n) is 12.6. The van der Waals surface area contributed by atoms with Crippen LogP contribution in [0.1, 0.15) is 20.3 Å². The minimum absolute atomic E-state index is 0.480. The fourth-order valence-corrected chi connectivity index (χ4v) is 3.47. The average molecular weight is 305 g/mol. The minimum Gasteiger partial charge on any atom is -0.353 e. The molecule has 1 aromatic heterocycles. The highest BCUT2D eigenvalue weighted by Crippen LogP contribution is 2.30. The molecule has 1 fully saturated rings. The van der Waals surface area contributed by atoms with Crippen molar-refractivity contribution >= 4 is 28.2 Å². The Hall–Kier alpha value is -1.39. The van der Waals surface area contributed by atoms with Crippen LogP contribution in [0.4, 0.5) is 5.82 Å². The molecular weight excluding hydrogens is 284 g/mol. The Bertz CT molecular complexity index is 627. The van der Waals surface area contributed by atoms with Crippen molar-refractivity contribution in [1.82, 2.24) is 15.1 Å². The molecule has 1 aliphatic rings. The van der Waals surface area contributed by atoms with Gasteiger partial charge in [-0.3, -0.25) is 4.90 Å². The van der Waals surface area contributed by atoms with Crippen LogP contribution in [0, 0.1) is 0 Å². The number of benzene rings is 1. The van der Waals surface area contributed by atoms with Gasteiger partial charge in [0.05, 0.1) is 0 Å². The number of aromatic nitrogens is 2. The van der Waals surface area contributed by atoms with Gasteiger partial charge in [-0.25, -0.2) is 0 Å². The third-order valence-electron chi connectivity index (χ3n) is 4.41. The lowest BCUT2D eigenvalue weighted by Crippen LogP contribution is -2.37. The number of hydrogen-bond acceptors (Lipinski definition) is 4. The molecule has 0 radical (unpaired) electrons. The molecule has 2 heterocycles. The van der Waals surface area contributed by atoms with Crippen LogP contribution in [0.25, 0.3) is 10.8 Å². The van der Waals surface area contributed by atoms with E-state index in [4.69, 9.17) is 11.6 Å². The SMILES string of the molecule is CCN(CC)C1CCN(c2nnc(Cl)c3ccccc23)C1. The summed E-state index contributed by atoms with van der Waals surface area (Å²) in [5.41, 5.74) is 0. The van der Waals surface area contributed by atoms with Gasteiger partial charge in [0.2, 0.25) is 0 Å². The second kappa shape index (κ2) is 6.16. The molecule has 1 aromatic carbocycles. The van der Waals surface area contributed by atoms with Gasteiger partial charge in [-0.1, -0.05) is 49.7 Å². The second-order valence-corrected chi connectivity index (χ2v) is 5.83. The summed E-state index contributed by atoms with van der Waals surface area (Å²) in [6.07, 6.45) is 1.18. The Labute approximate surface area is 130 Å². The van der Waals surface area contributed by atoms with Gasteiger partial charge < -0.3 is 4.90 Å². The smallest absolute Gasteiger partial charge is 0.159 e. The Morgan fingerprint density at radius 1 is 1.19 bits per heavy atom. The summed E-state index contributed by atoms with van der Waals surface area (Å²) in [7, 11) is 0. The Kier molecular flexibility index (Phi) is 4.27. The van der Waals surface area contributed by atoms with E-state index >= 15 is 0 Å². The molecule has 1 saturated heterocycles. The Morgan fingerprint density at radius 2 is 1.90 bits per heavy atom. The standard InChI is InChI=1S/C16H21ClN4/c1-3-20(4-2)12-9-10-21(11-12)16-14-8-6-5-7-13(14)15(17)18-19-16/h5-8,12H,3-4,9-11H2,1-2H3. The molecule has 4 nitrogen and oxygen atoms in total. The molecular formula is C16H21ClN4. The second-order valence-electron chi connectivity index (χ2n) is 5.47. The van der Waals surface area contributed by atoms with Crippen LogP contribution in [0.15, 0.2) is 24.3 Å². The van der Waals surface area contributed by atoms with Crippen molar-refractivity contribution in [3.05, 3.63) is 29.4 Å². The summed E-state index contributed by atoms with van der Waals surface area (Å²) in [6, 6.07) is 8.71. The lowest BCUT2D eigenvalue weighted by Gasteiger charge is -2.26. The molecule has 0 amide bonds. The van der Waals surface area contributed by atoms with Crippen LogP contribution < -0.4 is 4.90 Å². The maximum Gasteiger partial charge on any atom is 0.159 e. The van der Waals surface area contributed by atoms with E-state index in [1.807, 2.05) is 18.2 Å². The summed E-state index contributed by atoms with van der Waals surface area (Å²) >= 11 is 6.16. The number of fused-ring (bicyclic) bond motifs is 1. The molecule has 2 aromatic rings. The summed E-state index contributed by atoms with van der Waals surface area (Å²) < 4.78 is 0. The van der Waals surface area contributed by atoms with Crippen LogP contribution in [0.5, 0.6) is 0 Å². The third-order valence-corrected chi connectivity index (χ3v) is 4.69. The molecule has 1 atom stereocenters. The topological polar surface area (TPSA) is 32.3 Å². The molecule has 0 N–H and O–H groups in total. The largest absolute Gasteiger partial charge is 0.353 e. The number of nitrogens with zero attached hydrogens (tertiary/aromatic N) is 4. The normalized spacial score (nSPS) is 18.9. The van der Waals surface area contributed by atoms with E-state index in [0.717, 1.165) is 42.8 Å². The quantitative estimate of drug-likeness (QED) is 0.868. The number of likely N-dealkylation sites (N-methyl/N-ethyl adjacent to an activating group) is 1. The first-order valence-corrected chi connectivity index (χ1v) is 8.02. The molecule has 0 spiro atoms. The monoisotopic (exact) mass is 304 g/mol. The molecule has 112 valence electrons. The maximum atomic E-state index is 6.16. The highest BCUT2D eigenvalue weighted by molar-refractivity contribution is 6.34. The van der Waals surface area contributed by atoms with Crippen LogP contribution in [0.3, 0.4) is 0 Å². The van der Waals surface area contributed by atoms with E-state index < -0.39 is 0 Å². The maximum absolute atomic E-state index is 6.16. The minimum atomic E-state index is 0.480. The van der Waals surface area contributed by atoms with Crippen LogP contribution >= 0.6 is 11.6 Å². The van der Waals surface area contributed by atoms with Gasteiger partial charge in [0.25, 0.3) is 0 Å². The fraction of sp³-hybridized carbons (Fsp3) is 0.500. The number of hydrogen-bond donors (Lipinski definition) is 0. The van der Waals surface area contributed by atoms with Crippen LogP contribution in [-0.4, -0.2) is 47.3 Å². The first-order chi connectivity index (χ1) is 10.2. The molecule has 1 unspecified atom stereocenters. The van der Waals surface area contributed by atoms with Crippen molar-refractivity contribution in [2.45, 2.75) is 26.3 Å². The molecule has 0 aliphatic carbocycles. The van der Waals surface area contributed by atoms with Crippen molar-refractivity contribution in [1.29, 1.82) is 0 Å². The van der Waals surface area contributed by atoms with E-state index in [2.05, 4.69) is 39.9 Å². The van der Waals surface area contributed by atoms with E-state index in [9.17, 15) is 0 Å². The Morgan fingerprint density at radius 3 is 2.62 bits per heavy atom. The van der Waals surface area contributed by atoms with Gasteiger partial charge >= 0.3 is 0 Å². The predicted molar refractivity (Wildman–Crippen MR) is 88.1 cm³/mol. The molecule has 1 aliphatic heterocycles. The van der Waals surface area contributed by atoms with Gasteiger partial charge in [-0.05, 0) is 19.5 Å². The summed E-state index contributed by atoms with van der Waals surface area (Å²) in [5, 5.41) is 11.0. The molecule has 3 rings (SSSR count). The first-order valence-electron chi connectivity index (χ1n) is 7.64. The number of halogens is 1. The predicted octanol–water partition coefficient (Wildman–Crippen LogP) is 3.20. The average Bonchev–Trinajstić information content (AvgIpc) is 2.99. The fourth-order valence-electron chi connectivity index (χ4n) is 3.26. The van der Waals surface area contributed by atoms with Crippen LogP contribution in [-0.2, 0) is 0 Å². The van der Waals surface area contributed by atoms with Gasteiger partial charge in [0, 0.05) is 29.9 Å². The van der Waals surface area contributed by atoms with Gasteiger partial charge in [0.15, 0.2) is 11.0 Å². The van der Waals surface area contributed by atoms with Crippen LogP contribution in [0.2, 0.25) is 5.15 Å². The van der Waals surface area contributed by atoms with Crippen molar-refractivity contribution < 1.29 is 0 Å². The molecule has 0 bridgehead atoms. The summed E-state index contributed by atoms with van der Waals surface area (Å²) in [4.78, 5) is 4.86. The van der Waals surface area contributed by atoms with Gasteiger partial charge in [-0.15, -0.1) is 10.2 Å². The molecule has 0 saturated carbocycles. The highest BCUT2D eigenvalue weighted by Gasteiger charge is 2.28. The van der Waals surface area contributed by atoms with Gasteiger partial charge in [0.1, 0.15) is 0 Å². The zero-order chi connectivity index (χ0) is 14.8. The van der Waals surface area contributed by atoms with Crippen molar-refractivity contribution in [2.75, 3.05) is 31.1 Å². The lowest BCUT2D eigenvalue weighted by atomic mass is 10.2. The van der Waals surface area contributed by atoms with E-state index in [1.54, 1.807) is 0 Å². The third kappa shape index (κ3) is 2.70. The zero-order valence-corrected chi connectivity index (χ0v) is 13.3. The molecule has 5 heteroatoms. The van der Waals surface area contributed by atoms with Crippen molar-refractivity contribution in [2.24, 2.45) is 0 Å². The summed E-state index contributed by atoms with van der Waals surface area (Å²) in [5.74, 6) is 0.963.